The van der Waals surface area contributed by atoms with Crippen LogP contribution in [-0.2, 0) is 12.8 Å². The third kappa shape index (κ3) is 1.84. The van der Waals surface area contributed by atoms with Crippen LogP contribution >= 0.6 is 0 Å². The molecule has 0 spiro atoms. The number of aromatic nitrogens is 4. The fourth-order valence-corrected chi connectivity index (χ4v) is 5.71. The third-order valence-electron chi connectivity index (χ3n) is 6.96. The molecular weight excluding hydrogens is 380 g/mol. The van der Waals surface area contributed by atoms with Crippen molar-refractivity contribution in [2.24, 2.45) is 0 Å². The smallest absolute Gasteiger partial charge is 0.147 e. The zero-order valence-corrected chi connectivity index (χ0v) is 16.6. The molecule has 2 aromatic carbocycles. The second-order valence-corrected chi connectivity index (χ2v) is 8.50. The first-order chi connectivity index (χ1) is 15.4. The van der Waals surface area contributed by atoms with E-state index in [0.29, 0.717) is 0 Å². The fraction of sp³-hybridized carbons (Fsp3) is 0.0741. The summed E-state index contributed by atoms with van der Waals surface area (Å²) in [6.07, 6.45) is 7.48. The van der Waals surface area contributed by atoms with Crippen LogP contribution in [0.5, 0.6) is 0 Å². The standard InChI is InChI=1S/C27H16N4/c1-2-5-17-15(4-1)12-20-18(17)8-7-16-13-22-26(24(16)20)31-23-6-3-10-29-25(23)19-9-11-28-14-21(19)27(31)30-22/h1-11,14H,12-13H2. The van der Waals surface area contributed by atoms with Gasteiger partial charge < -0.3 is 0 Å². The molecule has 8 rings (SSSR count). The topological polar surface area (TPSA) is 43.1 Å². The van der Waals surface area contributed by atoms with Gasteiger partial charge in [0.05, 0.1) is 22.4 Å². The lowest BCUT2D eigenvalue weighted by Crippen LogP contribution is -1.97. The number of benzene rings is 2. The summed E-state index contributed by atoms with van der Waals surface area (Å²) in [6.45, 7) is 0. The summed E-state index contributed by atoms with van der Waals surface area (Å²) in [5.74, 6) is 0. The van der Waals surface area contributed by atoms with E-state index in [4.69, 9.17) is 9.97 Å². The number of pyridine rings is 3. The Labute approximate surface area is 177 Å². The molecule has 2 aliphatic rings. The molecule has 4 heterocycles. The Morgan fingerprint density at radius 2 is 1.74 bits per heavy atom. The number of hydrogen-bond donors (Lipinski definition) is 0. The van der Waals surface area contributed by atoms with Crippen LogP contribution in [0.25, 0.3) is 49.8 Å². The first-order valence-corrected chi connectivity index (χ1v) is 10.6. The quantitative estimate of drug-likeness (QED) is 0.315. The van der Waals surface area contributed by atoms with Gasteiger partial charge in [-0.3, -0.25) is 14.4 Å². The van der Waals surface area contributed by atoms with Crippen LogP contribution in [0.15, 0.2) is 73.2 Å². The van der Waals surface area contributed by atoms with Gasteiger partial charge in [0, 0.05) is 41.3 Å². The molecule has 2 aliphatic carbocycles. The average Bonchev–Trinajstić information content (AvgIpc) is 3.48. The summed E-state index contributed by atoms with van der Waals surface area (Å²) in [7, 11) is 0. The molecule has 0 unspecified atom stereocenters. The molecular formula is C27H16N4. The molecule has 31 heavy (non-hydrogen) atoms. The predicted molar refractivity (Wildman–Crippen MR) is 122 cm³/mol. The minimum absolute atomic E-state index is 0.874. The van der Waals surface area contributed by atoms with E-state index in [9.17, 15) is 0 Å². The van der Waals surface area contributed by atoms with Crippen LogP contribution in [0.2, 0.25) is 0 Å². The highest BCUT2D eigenvalue weighted by molar-refractivity contribution is 6.10. The second-order valence-electron chi connectivity index (χ2n) is 8.50. The largest absolute Gasteiger partial charge is 0.290 e. The summed E-state index contributed by atoms with van der Waals surface area (Å²) >= 11 is 0. The molecule has 0 amide bonds. The van der Waals surface area contributed by atoms with Crippen molar-refractivity contribution < 1.29 is 0 Å². The number of nitrogens with zero attached hydrogens (tertiary/aromatic N) is 4. The lowest BCUT2D eigenvalue weighted by atomic mass is 9.97. The molecule has 4 heteroatoms. The SMILES string of the molecule is c1ccc2c(c1)Cc1c-2ccc2c1-c1c(nc3c4cnccc4c4ncccc4n13)C2. The molecule has 0 aliphatic heterocycles. The van der Waals surface area contributed by atoms with Crippen molar-refractivity contribution in [2.75, 3.05) is 0 Å². The molecule has 144 valence electrons. The summed E-state index contributed by atoms with van der Waals surface area (Å²) < 4.78 is 2.33. The highest BCUT2D eigenvalue weighted by Crippen LogP contribution is 2.48. The van der Waals surface area contributed by atoms with E-state index in [-0.39, 0.29) is 0 Å². The Morgan fingerprint density at radius 3 is 2.74 bits per heavy atom. The molecule has 4 aromatic heterocycles. The van der Waals surface area contributed by atoms with Gasteiger partial charge in [0.15, 0.2) is 0 Å². The van der Waals surface area contributed by atoms with Gasteiger partial charge in [-0.15, -0.1) is 0 Å². The second kappa shape index (κ2) is 5.35. The molecule has 0 fully saturated rings. The van der Waals surface area contributed by atoms with E-state index in [1.807, 2.05) is 30.7 Å². The zero-order valence-electron chi connectivity index (χ0n) is 16.6. The first kappa shape index (κ1) is 15.7. The Morgan fingerprint density at radius 1 is 0.774 bits per heavy atom. The third-order valence-corrected chi connectivity index (χ3v) is 6.96. The first-order valence-electron chi connectivity index (χ1n) is 10.6. The van der Waals surface area contributed by atoms with Crippen molar-refractivity contribution in [3.8, 4) is 22.4 Å². The summed E-state index contributed by atoms with van der Waals surface area (Å²) in [6, 6.07) is 19.6. The highest BCUT2D eigenvalue weighted by Gasteiger charge is 2.32. The van der Waals surface area contributed by atoms with Gasteiger partial charge in [-0.05, 0) is 52.4 Å². The van der Waals surface area contributed by atoms with Crippen molar-refractivity contribution in [3.63, 3.8) is 0 Å². The van der Waals surface area contributed by atoms with Gasteiger partial charge >= 0.3 is 0 Å². The lowest BCUT2D eigenvalue weighted by molar-refractivity contribution is 1.16. The summed E-state index contributed by atoms with van der Waals surface area (Å²) in [5, 5.41) is 2.16. The molecule has 0 radical (unpaired) electrons. The number of fused-ring (bicyclic) bond motifs is 14. The number of imidazole rings is 1. The lowest BCUT2D eigenvalue weighted by Gasteiger charge is -2.12. The van der Waals surface area contributed by atoms with Gasteiger partial charge in [0.1, 0.15) is 5.65 Å². The molecule has 0 saturated carbocycles. The van der Waals surface area contributed by atoms with Crippen LogP contribution in [0.1, 0.15) is 22.4 Å². The molecule has 6 aromatic rings. The monoisotopic (exact) mass is 396 g/mol. The zero-order chi connectivity index (χ0) is 20.1. The maximum Gasteiger partial charge on any atom is 0.147 e. The van der Waals surface area contributed by atoms with E-state index in [1.54, 1.807) is 0 Å². The van der Waals surface area contributed by atoms with Gasteiger partial charge in [0.25, 0.3) is 0 Å². The average molecular weight is 396 g/mol. The van der Waals surface area contributed by atoms with E-state index in [0.717, 1.165) is 46.0 Å². The summed E-state index contributed by atoms with van der Waals surface area (Å²) in [5.41, 5.74) is 13.8. The van der Waals surface area contributed by atoms with E-state index >= 15 is 0 Å². The van der Waals surface area contributed by atoms with E-state index < -0.39 is 0 Å². The molecule has 4 nitrogen and oxygen atoms in total. The fourth-order valence-electron chi connectivity index (χ4n) is 5.71. The van der Waals surface area contributed by atoms with Crippen molar-refractivity contribution in [1.29, 1.82) is 0 Å². The van der Waals surface area contributed by atoms with Crippen LogP contribution in [0.3, 0.4) is 0 Å². The molecule has 0 saturated heterocycles. The van der Waals surface area contributed by atoms with E-state index in [2.05, 4.69) is 51.8 Å². The van der Waals surface area contributed by atoms with E-state index in [1.165, 1.54) is 39.1 Å². The Bertz CT molecular complexity index is 1740. The normalized spacial score (nSPS) is 13.5. The van der Waals surface area contributed by atoms with Gasteiger partial charge in [0.2, 0.25) is 0 Å². The number of rotatable bonds is 0. The highest BCUT2D eigenvalue weighted by atomic mass is 15.0. The van der Waals surface area contributed by atoms with Crippen molar-refractivity contribution in [1.82, 2.24) is 19.4 Å². The minimum Gasteiger partial charge on any atom is -0.290 e. The van der Waals surface area contributed by atoms with Gasteiger partial charge in [-0.25, -0.2) is 4.98 Å². The Hall–Kier alpha value is -4.05. The van der Waals surface area contributed by atoms with Crippen LogP contribution in [0.4, 0.5) is 0 Å². The number of hydrogen-bond acceptors (Lipinski definition) is 3. The van der Waals surface area contributed by atoms with Gasteiger partial charge in [-0.1, -0.05) is 36.4 Å². The van der Waals surface area contributed by atoms with Crippen molar-refractivity contribution >= 4 is 27.5 Å². The predicted octanol–water partition coefficient (Wildman–Crippen LogP) is 5.57. The molecule has 0 bridgehead atoms. The minimum atomic E-state index is 0.874. The Balaban J connectivity index is 1.55. The molecule has 0 atom stereocenters. The van der Waals surface area contributed by atoms with Crippen molar-refractivity contribution in [2.45, 2.75) is 12.8 Å². The Kier molecular flexibility index (Phi) is 2.72. The van der Waals surface area contributed by atoms with Crippen LogP contribution in [0, 0.1) is 0 Å². The maximum absolute atomic E-state index is 5.16. The summed E-state index contributed by atoms with van der Waals surface area (Å²) in [4.78, 5) is 14.3. The van der Waals surface area contributed by atoms with Crippen molar-refractivity contribution in [3.05, 3.63) is 95.6 Å². The van der Waals surface area contributed by atoms with Crippen LogP contribution in [-0.4, -0.2) is 19.4 Å². The molecule has 0 N–H and O–H groups in total. The maximum atomic E-state index is 5.16. The van der Waals surface area contributed by atoms with Gasteiger partial charge in [-0.2, -0.15) is 0 Å². The van der Waals surface area contributed by atoms with Crippen LogP contribution < -0.4 is 0 Å².